The van der Waals surface area contributed by atoms with E-state index in [-0.39, 0.29) is 23.9 Å². The van der Waals surface area contributed by atoms with Gasteiger partial charge in [-0.3, -0.25) is 9.79 Å². The van der Waals surface area contributed by atoms with Crippen molar-refractivity contribution in [3.05, 3.63) is 124 Å². The molecule has 0 aliphatic carbocycles. The summed E-state index contributed by atoms with van der Waals surface area (Å²) in [6, 6.07) is 32.7. The van der Waals surface area contributed by atoms with Crippen molar-refractivity contribution < 1.29 is 14.3 Å². The van der Waals surface area contributed by atoms with E-state index in [0.29, 0.717) is 31.0 Å². The molecule has 0 spiro atoms. The smallest absolute Gasteiger partial charge is 0.247 e. The molecule has 1 aliphatic rings. The maximum Gasteiger partial charge on any atom is 0.247 e. The summed E-state index contributed by atoms with van der Waals surface area (Å²) in [5.41, 5.74) is 16.1. The summed E-state index contributed by atoms with van der Waals surface area (Å²) in [4.78, 5) is 18.3. The average Bonchev–Trinajstić information content (AvgIpc) is 3.08. The molecule has 47 heavy (non-hydrogen) atoms. The maximum absolute atomic E-state index is 14.2. The fourth-order valence-electron chi connectivity index (χ4n) is 5.92. The van der Waals surface area contributed by atoms with E-state index >= 15 is 0 Å². The summed E-state index contributed by atoms with van der Waals surface area (Å²) < 4.78 is 13.5. The van der Waals surface area contributed by atoms with E-state index in [1.54, 1.807) is 7.05 Å². The van der Waals surface area contributed by atoms with Gasteiger partial charge in [0.15, 0.2) is 5.96 Å². The minimum absolute atomic E-state index is 0.0427. The second kappa shape index (κ2) is 15.9. The van der Waals surface area contributed by atoms with E-state index in [1.165, 1.54) is 0 Å². The van der Waals surface area contributed by atoms with Gasteiger partial charge >= 0.3 is 0 Å². The highest BCUT2D eigenvalue weighted by Gasteiger charge is 2.35. The molecule has 9 nitrogen and oxygen atoms in total. The number of aryl methyl sites for hydroxylation is 1. The number of hydrogen-bond donors (Lipinski definition) is 5. The van der Waals surface area contributed by atoms with Crippen molar-refractivity contribution in [3.8, 4) is 5.75 Å². The van der Waals surface area contributed by atoms with Crippen molar-refractivity contribution in [2.24, 2.45) is 10.7 Å². The van der Waals surface area contributed by atoms with Gasteiger partial charge in [-0.1, -0.05) is 94.8 Å². The number of anilines is 2. The first-order valence-electron chi connectivity index (χ1n) is 15.8. The second-order valence-corrected chi connectivity index (χ2v) is 12.9. The monoisotopic (exact) mass is 698 g/mol. The fraction of sp³-hybridized carbons (Fsp3) is 0.297. The molecule has 1 heterocycles. The molecule has 1 saturated heterocycles. The van der Waals surface area contributed by atoms with Crippen LogP contribution in [0.3, 0.4) is 0 Å². The summed E-state index contributed by atoms with van der Waals surface area (Å²) in [6.45, 7) is 3.79. The number of halogens is 1. The Balaban J connectivity index is 1.29. The zero-order chi connectivity index (χ0) is 33.2. The van der Waals surface area contributed by atoms with Crippen LogP contribution in [0, 0.1) is 0 Å². The maximum atomic E-state index is 14.2. The fourth-order valence-corrected chi connectivity index (χ4v) is 6.30. The minimum Gasteiger partial charge on any atom is -0.488 e. The van der Waals surface area contributed by atoms with Gasteiger partial charge < -0.3 is 36.9 Å². The summed E-state index contributed by atoms with van der Waals surface area (Å²) in [5.74, 6) is 0.284. The molecule has 10 heteroatoms. The number of nitrogen functional groups attached to an aromatic ring is 1. The molecule has 1 aliphatic heterocycles. The number of carbonyl (C=O) groups is 1. The number of para-hydroxylation sites is 1. The molecule has 7 N–H and O–H groups in total. The average molecular weight is 700 g/mol. The molecular formula is C37H43BrN6O3. The Bertz CT molecular complexity index is 1620. The number of morpholine rings is 1. The van der Waals surface area contributed by atoms with Crippen molar-refractivity contribution in [1.29, 1.82) is 0 Å². The zero-order valence-corrected chi connectivity index (χ0v) is 28.4. The van der Waals surface area contributed by atoms with Crippen molar-refractivity contribution in [2.45, 2.75) is 43.4 Å². The molecule has 0 bridgehead atoms. The van der Waals surface area contributed by atoms with Crippen LogP contribution in [0.2, 0.25) is 0 Å². The highest BCUT2D eigenvalue weighted by molar-refractivity contribution is 9.10. The van der Waals surface area contributed by atoms with Crippen LogP contribution in [-0.2, 0) is 16.0 Å². The summed E-state index contributed by atoms with van der Waals surface area (Å²) >= 11 is 3.44. The number of guanidine groups is 1. The Morgan fingerprint density at radius 3 is 2.36 bits per heavy atom. The van der Waals surface area contributed by atoms with Gasteiger partial charge in [0.1, 0.15) is 24.0 Å². The van der Waals surface area contributed by atoms with Crippen LogP contribution in [0.15, 0.2) is 113 Å². The van der Waals surface area contributed by atoms with Gasteiger partial charge in [0.2, 0.25) is 5.91 Å². The van der Waals surface area contributed by atoms with Crippen molar-refractivity contribution in [3.63, 3.8) is 0 Å². The van der Waals surface area contributed by atoms with Crippen LogP contribution in [0.1, 0.15) is 36.0 Å². The molecule has 5 rings (SSSR count). The van der Waals surface area contributed by atoms with E-state index in [1.807, 2.05) is 110 Å². The van der Waals surface area contributed by atoms with Crippen LogP contribution >= 0.6 is 15.9 Å². The Labute approximate surface area is 285 Å². The first-order valence-corrected chi connectivity index (χ1v) is 16.6. The molecular weight excluding hydrogens is 656 g/mol. The third-order valence-corrected chi connectivity index (χ3v) is 8.81. The number of ether oxygens (including phenoxy) is 2. The number of aliphatic imine (C=N–C) groups is 1. The van der Waals surface area contributed by atoms with Crippen molar-refractivity contribution in [1.82, 2.24) is 10.6 Å². The van der Waals surface area contributed by atoms with Gasteiger partial charge in [-0.2, -0.15) is 0 Å². The molecule has 0 radical (unpaired) electrons. The Hall–Kier alpha value is -4.38. The number of amides is 1. The molecule has 1 amide bonds. The first kappa shape index (κ1) is 34.0. The Kier molecular flexibility index (Phi) is 11.5. The SMILES string of the molecule is CN=C(N)N[C@H](C(=O)Nc1ccccc1CC[C@@H]1CNC[C@@](C)(COc2ccc(Br)cc2N)O1)C(c1ccccc1)c1ccccc1. The molecule has 246 valence electrons. The lowest BCUT2D eigenvalue weighted by Gasteiger charge is -2.39. The molecule has 4 aromatic carbocycles. The molecule has 1 fully saturated rings. The van der Waals surface area contributed by atoms with Crippen LogP contribution in [0.25, 0.3) is 0 Å². The van der Waals surface area contributed by atoms with Gasteiger partial charge in [0.05, 0.1) is 11.8 Å². The largest absolute Gasteiger partial charge is 0.488 e. The predicted molar refractivity (Wildman–Crippen MR) is 193 cm³/mol. The van der Waals surface area contributed by atoms with Gasteiger partial charge in [0.25, 0.3) is 0 Å². The van der Waals surface area contributed by atoms with Gasteiger partial charge in [0, 0.05) is 36.2 Å². The molecule has 4 aromatic rings. The third-order valence-electron chi connectivity index (χ3n) is 8.32. The number of nitrogens with zero attached hydrogens (tertiary/aromatic N) is 1. The number of hydrogen-bond acceptors (Lipinski definition) is 6. The number of carbonyl (C=O) groups excluding carboxylic acids is 1. The predicted octanol–water partition coefficient (Wildman–Crippen LogP) is 5.46. The number of rotatable bonds is 12. The molecule has 0 aromatic heterocycles. The highest BCUT2D eigenvalue weighted by atomic mass is 79.9. The lowest BCUT2D eigenvalue weighted by atomic mass is 9.84. The number of nitrogens with two attached hydrogens (primary N) is 2. The summed E-state index contributed by atoms with van der Waals surface area (Å²) in [7, 11) is 1.60. The van der Waals surface area contributed by atoms with E-state index in [9.17, 15) is 4.79 Å². The third kappa shape index (κ3) is 9.12. The van der Waals surface area contributed by atoms with Crippen LogP contribution < -0.4 is 32.2 Å². The standard InChI is InChI=1S/C37H43BrN6O3/c1-37(24-46-32-20-18-28(38)21-30(32)39)23-42-22-29(47-37)19-17-25-11-9-10-16-31(25)43-35(45)34(44-36(40)41-2)33(26-12-5-3-6-13-26)27-14-7-4-8-15-27/h3-16,18,20-21,29,33-34,42H,17,19,22-24,39H2,1-2H3,(H,43,45)(H3,40,41,44)/t29-,34+,37+/m1/s1. The van der Waals surface area contributed by atoms with Crippen molar-refractivity contribution in [2.75, 3.05) is 37.8 Å². The van der Waals surface area contributed by atoms with E-state index in [2.05, 4.69) is 36.9 Å². The number of benzene rings is 4. The topological polar surface area (TPSA) is 136 Å². The zero-order valence-electron chi connectivity index (χ0n) is 26.8. The molecule has 0 unspecified atom stereocenters. The second-order valence-electron chi connectivity index (χ2n) is 12.0. The highest BCUT2D eigenvalue weighted by Crippen LogP contribution is 2.31. The lowest BCUT2D eigenvalue weighted by molar-refractivity contribution is -0.125. The van der Waals surface area contributed by atoms with Gasteiger partial charge in [-0.25, -0.2) is 0 Å². The van der Waals surface area contributed by atoms with Gasteiger partial charge in [-0.05, 0) is 60.7 Å². The van der Waals surface area contributed by atoms with Gasteiger partial charge in [-0.15, -0.1) is 0 Å². The number of nitrogens with one attached hydrogen (secondary N) is 3. The van der Waals surface area contributed by atoms with Crippen LogP contribution in [0.5, 0.6) is 5.75 Å². The first-order chi connectivity index (χ1) is 22.7. The normalized spacial score (nSPS) is 18.8. The van der Waals surface area contributed by atoms with Crippen molar-refractivity contribution >= 4 is 39.2 Å². The summed E-state index contributed by atoms with van der Waals surface area (Å²) in [6.07, 6.45) is 1.42. The quantitative estimate of drug-likeness (QED) is 0.0753. The van der Waals surface area contributed by atoms with Crippen LogP contribution in [-0.4, -0.2) is 56.4 Å². The van der Waals surface area contributed by atoms with E-state index in [0.717, 1.165) is 39.8 Å². The minimum atomic E-state index is -0.733. The van der Waals surface area contributed by atoms with E-state index in [4.69, 9.17) is 20.9 Å². The molecule has 0 saturated carbocycles. The van der Waals surface area contributed by atoms with Crippen LogP contribution in [0.4, 0.5) is 11.4 Å². The molecule has 3 atom stereocenters. The Morgan fingerprint density at radius 1 is 1.04 bits per heavy atom. The Morgan fingerprint density at radius 2 is 1.70 bits per heavy atom. The lowest BCUT2D eigenvalue weighted by Crippen LogP contribution is -2.55. The summed E-state index contributed by atoms with van der Waals surface area (Å²) in [5, 5.41) is 9.91. The van der Waals surface area contributed by atoms with E-state index < -0.39 is 11.6 Å².